The van der Waals surface area contributed by atoms with Crippen LogP contribution in [0.4, 0.5) is 0 Å². The molecule has 3 rings (SSSR count). The number of nitrogens with one attached hydrogen (secondary N) is 3. The SMILES string of the molecule is COC(=O)c1cc(C(C)=NNC(=S)NC2CC3C=CC2C3)c[nH]1. The van der Waals surface area contributed by atoms with Gasteiger partial charge in [-0.25, -0.2) is 4.79 Å². The van der Waals surface area contributed by atoms with E-state index in [0.29, 0.717) is 28.7 Å². The number of carbonyl (C=O) groups is 1. The molecule has 0 spiro atoms. The third kappa shape index (κ3) is 3.44. The molecule has 7 heteroatoms. The third-order valence-corrected chi connectivity index (χ3v) is 4.64. The minimum atomic E-state index is -0.404. The first-order valence-corrected chi connectivity index (χ1v) is 8.04. The highest BCUT2D eigenvalue weighted by Gasteiger charge is 2.35. The third-order valence-electron chi connectivity index (χ3n) is 4.43. The molecule has 3 unspecified atom stereocenters. The van der Waals surface area contributed by atoms with Gasteiger partial charge in [0.05, 0.1) is 12.8 Å². The van der Waals surface area contributed by atoms with Crippen molar-refractivity contribution in [2.45, 2.75) is 25.8 Å². The summed E-state index contributed by atoms with van der Waals surface area (Å²) in [7, 11) is 1.35. The maximum absolute atomic E-state index is 11.4. The molecule has 1 aromatic rings. The minimum Gasteiger partial charge on any atom is -0.464 e. The Kier molecular flexibility index (Phi) is 4.47. The quantitative estimate of drug-likeness (QED) is 0.258. The Hall–Kier alpha value is -2.15. The Bertz CT molecular complexity index is 679. The molecule has 1 aromatic heterocycles. The lowest BCUT2D eigenvalue weighted by atomic mass is 10.0. The second-order valence-electron chi connectivity index (χ2n) is 5.96. The molecule has 1 heterocycles. The molecule has 0 saturated heterocycles. The van der Waals surface area contributed by atoms with Gasteiger partial charge in [-0.2, -0.15) is 5.10 Å². The number of aromatic nitrogens is 1. The van der Waals surface area contributed by atoms with E-state index in [1.54, 1.807) is 12.3 Å². The summed E-state index contributed by atoms with van der Waals surface area (Å²) < 4.78 is 4.66. The van der Waals surface area contributed by atoms with Crippen LogP contribution in [0.1, 0.15) is 35.8 Å². The normalized spacial score (nSPS) is 25.5. The first-order chi connectivity index (χ1) is 11.1. The number of hydrazone groups is 1. The highest BCUT2D eigenvalue weighted by molar-refractivity contribution is 7.80. The predicted octanol–water partition coefficient (Wildman–Crippen LogP) is 1.95. The van der Waals surface area contributed by atoms with Crippen molar-refractivity contribution in [2.24, 2.45) is 16.9 Å². The van der Waals surface area contributed by atoms with Crippen LogP contribution in [-0.4, -0.2) is 34.9 Å². The molecular formula is C16H20N4O2S. The smallest absolute Gasteiger partial charge is 0.354 e. The van der Waals surface area contributed by atoms with Crippen LogP contribution in [0.25, 0.3) is 0 Å². The number of hydrogen-bond acceptors (Lipinski definition) is 4. The summed E-state index contributed by atoms with van der Waals surface area (Å²) >= 11 is 5.30. The first kappa shape index (κ1) is 15.7. The van der Waals surface area contributed by atoms with Crippen LogP contribution < -0.4 is 10.7 Å². The second kappa shape index (κ2) is 6.54. The number of carbonyl (C=O) groups excluding carboxylic acids is 1. The summed E-state index contributed by atoms with van der Waals surface area (Å²) in [5.41, 5.74) is 4.81. The Morgan fingerprint density at radius 1 is 1.43 bits per heavy atom. The van der Waals surface area contributed by atoms with Gasteiger partial charge in [-0.3, -0.25) is 5.43 Å². The van der Waals surface area contributed by atoms with E-state index in [-0.39, 0.29) is 0 Å². The van der Waals surface area contributed by atoms with E-state index >= 15 is 0 Å². The maximum atomic E-state index is 11.4. The molecule has 0 radical (unpaired) electrons. The zero-order chi connectivity index (χ0) is 16.4. The average molecular weight is 332 g/mol. The molecule has 1 saturated carbocycles. The van der Waals surface area contributed by atoms with E-state index in [4.69, 9.17) is 12.2 Å². The number of aromatic amines is 1. The molecule has 122 valence electrons. The van der Waals surface area contributed by atoms with E-state index in [1.165, 1.54) is 13.5 Å². The molecule has 1 fully saturated rings. The van der Waals surface area contributed by atoms with Crippen molar-refractivity contribution in [1.82, 2.24) is 15.7 Å². The van der Waals surface area contributed by atoms with Crippen molar-refractivity contribution in [3.63, 3.8) is 0 Å². The molecule has 0 aliphatic heterocycles. The summed E-state index contributed by atoms with van der Waals surface area (Å²) in [5, 5.41) is 8.13. The van der Waals surface area contributed by atoms with Crippen LogP contribution in [0.3, 0.4) is 0 Å². The summed E-state index contributed by atoms with van der Waals surface area (Å²) in [6, 6.07) is 2.10. The van der Waals surface area contributed by atoms with Gasteiger partial charge in [-0.1, -0.05) is 12.2 Å². The number of fused-ring (bicyclic) bond motifs is 2. The fourth-order valence-electron chi connectivity index (χ4n) is 3.18. The number of nitrogens with zero attached hydrogens (tertiary/aromatic N) is 1. The summed E-state index contributed by atoms with van der Waals surface area (Å²) in [6.07, 6.45) is 8.64. The zero-order valence-corrected chi connectivity index (χ0v) is 13.9. The van der Waals surface area contributed by atoms with Crippen LogP contribution in [0.5, 0.6) is 0 Å². The molecule has 0 aromatic carbocycles. The average Bonchev–Trinajstić information content (AvgIpc) is 3.27. The van der Waals surface area contributed by atoms with Crippen molar-refractivity contribution in [1.29, 1.82) is 0 Å². The van der Waals surface area contributed by atoms with Crippen LogP contribution in [0, 0.1) is 11.8 Å². The Labute approximate surface area is 140 Å². The summed E-state index contributed by atoms with van der Waals surface area (Å²) in [4.78, 5) is 14.3. The van der Waals surface area contributed by atoms with E-state index in [2.05, 4.69) is 37.7 Å². The van der Waals surface area contributed by atoms with Gasteiger partial charge in [-0.15, -0.1) is 0 Å². The van der Waals surface area contributed by atoms with Crippen LogP contribution in [-0.2, 0) is 4.74 Å². The summed E-state index contributed by atoms with van der Waals surface area (Å²) in [6.45, 7) is 1.85. The lowest BCUT2D eigenvalue weighted by Gasteiger charge is -2.20. The van der Waals surface area contributed by atoms with Crippen LogP contribution in [0.2, 0.25) is 0 Å². The predicted molar refractivity (Wildman–Crippen MR) is 92.4 cm³/mol. The molecule has 6 nitrogen and oxygen atoms in total. The lowest BCUT2D eigenvalue weighted by molar-refractivity contribution is 0.0595. The van der Waals surface area contributed by atoms with E-state index in [1.807, 2.05) is 6.92 Å². The molecular weight excluding hydrogens is 312 g/mol. The minimum absolute atomic E-state index is 0.395. The van der Waals surface area contributed by atoms with Gasteiger partial charge in [-0.05, 0) is 49.9 Å². The Balaban J connectivity index is 1.54. The number of methoxy groups -OCH3 is 1. The Morgan fingerprint density at radius 2 is 2.26 bits per heavy atom. The van der Waals surface area contributed by atoms with E-state index in [9.17, 15) is 4.79 Å². The number of hydrogen-bond donors (Lipinski definition) is 3. The van der Waals surface area contributed by atoms with Gasteiger partial charge in [0, 0.05) is 17.8 Å². The molecule has 23 heavy (non-hydrogen) atoms. The highest BCUT2D eigenvalue weighted by Crippen LogP contribution is 2.38. The van der Waals surface area contributed by atoms with E-state index in [0.717, 1.165) is 17.7 Å². The van der Waals surface area contributed by atoms with Crippen molar-refractivity contribution >= 4 is 29.0 Å². The number of allylic oxidation sites excluding steroid dienone is 1. The van der Waals surface area contributed by atoms with Crippen LogP contribution >= 0.6 is 12.2 Å². The van der Waals surface area contributed by atoms with Gasteiger partial charge >= 0.3 is 5.97 Å². The second-order valence-corrected chi connectivity index (χ2v) is 6.37. The molecule has 2 bridgehead atoms. The molecule has 3 N–H and O–H groups in total. The topological polar surface area (TPSA) is 78.5 Å². The van der Waals surface area contributed by atoms with Gasteiger partial charge in [0.1, 0.15) is 5.69 Å². The van der Waals surface area contributed by atoms with E-state index < -0.39 is 5.97 Å². The van der Waals surface area contributed by atoms with Gasteiger partial charge in [0.2, 0.25) is 0 Å². The van der Waals surface area contributed by atoms with Crippen molar-refractivity contribution in [2.75, 3.05) is 7.11 Å². The largest absolute Gasteiger partial charge is 0.464 e. The number of thiocarbonyl (C=S) groups is 1. The fourth-order valence-corrected chi connectivity index (χ4v) is 3.37. The first-order valence-electron chi connectivity index (χ1n) is 7.63. The van der Waals surface area contributed by atoms with Crippen LogP contribution in [0.15, 0.2) is 29.5 Å². The highest BCUT2D eigenvalue weighted by atomic mass is 32.1. The van der Waals surface area contributed by atoms with Crippen molar-refractivity contribution in [3.8, 4) is 0 Å². The zero-order valence-electron chi connectivity index (χ0n) is 13.1. The molecule has 3 atom stereocenters. The number of H-pyrrole nitrogens is 1. The number of esters is 1. The fraction of sp³-hybridized carbons (Fsp3) is 0.438. The number of ether oxygens (including phenoxy) is 1. The lowest BCUT2D eigenvalue weighted by Crippen LogP contribution is -2.42. The standard InChI is InChI=1S/C16H20N4O2S/c1-9(12-7-14(17-8-12)15(21)22-2)19-20-16(23)18-13-6-10-3-4-11(13)5-10/h3-4,7-8,10-11,13,17H,5-6H2,1-2H3,(H2,18,20,23). The van der Waals surface area contributed by atoms with Gasteiger partial charge in [0.25, 0.3) is 0 Å². The molecule has 2 aliphatic rings. The maximum Gasteiger partial charge on any atom is 0.354 e. The molecule has 2 aliphatic carbocycles. The van der Waals surface area contributed by atoms with Crippen molar-refractivity contribution in [3.05, 3.63) is 35.7 Å². The monoisotopic (exact) mass is 332 g/mol. The van der Waals surface area contributed by atoms with Gasteiger partial charge in [0.15, 0.2) is 5.11 Å². The summed E-state index contributed by atoms with van der Waals surface area (Å²) in [5.74, 6) is 0.873. The van der Waals surface area contributed by atoms with Crippen molar-refractivity contribution < 1.29 is 9.53 Å². The van der Waals surface area contributed by atoms with Gasteiger partial charge < -0.3 is 15.0 Å². The molecule has 0 amide bonds. The number of rotatable bonds is 4. The Morgan fingerprint density at radius 3 is 2.91 bits per heavy atom.